The summed E-state index contributed by atoms with van der Waals surface area (Å²) in [7, 11) is 1.54. The van der Waals surface area contributed by atoms with E-state index in [0.717, 1.165) is 38.5 Å². The van der Waals surface area contributed by atoms with Crippen molar-refractivity contribution in [1.82, 2.24) is 15.0 Å². The molecule has 0 aliphatic rings. The van der Waals surface area contributed by atoms with Crippen LogP contribution in [0.15, 0.2) is 54.9 Å². The van der Waals surface area contributed by atoms with Crippen molar-refractivity contribution in [3.8, 4) is 27.6 Å². The van der Waals surface area contributed by atoms with Crippen molar-refractivity contribution in [2.75, 3.05) is 12.4 Å². The van der Waals surface area contributed by atoms with Crippen LogP contribution in [-0.2, 0) is 0 Å². The highest BCUT2D eigenvalue weighted by molar-refractivity contribution is 7.19. The number of ether oxygens (including phenoxy) is 1. The molecular formula is C24H22N4O2S. The molecule has 0 unspecified atom stereocenters. The standard InChI is InChI=1S/C24H22N4O2S/c1-14-9-15(2)11-19(10-14)21-22(17-7-8-25-16(3)12-17)31-24(27-21)28-23(29)18-5-6-20(30-4)26-13-18/h5-13H,1-4H3,(H,27,28,29). The molecule has 4 aromatic rings. The number of aryl methyl sites for hydroxylation is 3. The van der Waals surface area contributed by atoms with Gasteiger partial charge in [0.15, 0.2) is 5.13 Å². The lowest BCUT2D eigenvalue weighted by atomic mass is 10.0. The van der Waals surface area contributed by atoms with Gasteiger partial charge >= 0.3 is 0 Å². The molecule has 0 saturated heterocycles. The average molecular weight is 431 g/mol. The third-order valence-corrected chi connectivity index (χ3v) is 5.73. The number of rotatable bonds is 5. The van der Waals surface area contributed by atoms with E-state index in [9.17, 15) is 4.79 Å². The highest BCUT2D eigenvalue weighted by Gasteiger charge is 2.18. The number of hydrogen-bond donors (Lipinski definition) is 1. The van der Waals surface area contributed by atoms with Gasteiger partial charge in [-0.25, -0.2) is 9.97 Å². The van der Waals surface area contributed by atoms with Crippen LogP contribution in [0.25, 0.3) is 21.7 Å². The number of carbonyl (C=O) groups is 1. The zero-order chi connectivity index (χ0) is 22.0. The maximum Gasteiger partial charge on any atom is 0.259 e. The molecule has 3 aromatic heterocycles. The lowest BCUT2D eigenvalue weighted by molar-refractivity contribution is 0.102. The molecule has 1 aromatic carbocycles. The van der Waals surface area contributed by atoms with Crippen LogP contribution >= 0.6 is 11.3 Å². The summed E-state index contributed by atoms with van der Waals surface area (Å²) in [5.41, 5.74) is 6.56. The van der Waals surface area contributed by atoms with Crippen molar-refractivity contribution in [3.63, 3.8) is 0 Å². The number of amides is 1. The Labute approximate surface area is 185 Å². The van der Waals surface area contributed by atoms with Crippen molar-refractivity contribution in [3.05, 3.63) is 77.2 Å². The summed E-state index contributed by atoms with van der Waals surface area (Å²) in [5, 5.41) is 3.44. The maximum absolute atomic E-state index is 12.7. The summed E-state index contributed by atoms with van der Waals surface area (Å²) in [6.07, 6.45) is 3.27. The molecule has 0 spiro atoms. The van der Waals surface area contributed by atoms with Crippen LogP contribution in [0.3, 0.4) is 0 Å². The number of nitrogens with zero attached hydrogens (tertiary/aromatic N) is 3. The molecule has 7 heteroatoms. The van der Waals surface area contributed by atoms with Crippen LogP contribution in [0.4, 0.5) is 5.13 Å². The topological polar surface area (TPSA) is 77.0 Å². The maximum atomic E-state index is 12.7. The summed E-state index contributed by atoms with van der Waals surface area (Å²) in [6, 6.07) is 13.7. The molecule has 6 nitrogen and oxygen atoms in total. The van der Waals surface area contributed by atoms with Crippen LogP contribution in [0.2, 0.25) is 0 Å². The molecule has 156 valence electrons. The number of anilines is 1. The van der Waals surface area contributed by atoms with Crippen molar-refractivity contribution >= 4 is 22.4 Å². The van der Waals surface area contributed by atoms with E-state index in [1.54, 1.807) is 18.3 Å². The smallest absolute Gasteiger partial charge is 0.259 e. The van der Waals surface area contributed by atoms with Gasteiger partial charge in [-0.15, -0.1) is 0 Å². The fourth-order valence-electron chi connectivity index (χ4n) is 3.37. The minimum absolute atomic E-state index is 0.270. The number of carbonyl (C=O) groups excluding carboxylic acids is 1. The Morgan fingerprint density at radius 3 is 2.39 bits per heavy atom. The van der Waals surface area contributed by atoms with Crippen LogP contribution in [0, 0.1) is 20.8 Å². The van der Waals surface area contributed by atoms with Gasteiger partial charge in [-0.3, -0.25) is 15.1 Å². The normalized spacial score (nSPS) is 10.7. The number of aromatic nitrogens is 3. The van der Waals surface area contributed by atoms with Crippen molar-refractivity contribution < 1.29 is 9.53 Å². The monoisotopic (exact) mass is 430 g/mol. The van der Waals surface area contributed by atoms with Gasteiger partial charge in [0.05, 0.1) is 23.2 Å². The summed E-state index contributed by atoms with van der Waals surface area (Å²) < 4.78 is 5.05. The largest absolute Gasteiger partial charge is 0.481 e. The van der Waals surface area contributed by atoms with E-state index in [0.29, 0.717) is 16.6 Å². The summed E-state index contributed by atoms with van der Waals surface area (Å²) >= 11 is 1.44. The molecule has 0 saturated carbocycles. The summed E-state index contributed by atoms with van der Waals surface area (Å²) in [4.78, 5) is 26.9. The van der Waals surface area contributed by atoms with Crippen molar-refractivity contribution in [2.45, 2.75) is 20.8 Å². The van der Waals surface area contributed by atoms with Gasteiger partial charge in [0, 0.05) is 29.7 Å². The number of nitrogens with one attached hydrogen (secondary N) is 1. The first-order valence-corrected chi connectivity index (χ1v) is 10.6. The van der Waals surface area contributed by atoms with Gasteiger partial charge in [0.25, 0.3) is 5.91 Å². The fourth-order valence-corrected chi connectivity index (χ4v) is 4.35. The van der Waals surface area contributed by atoms with Crippen LogP contribution in [-0.4, -0.2) is 28.0 Å². The minimum atomic E-state index is -0.270. The van der Waals surface area contributed by atoms with Gasteiger partial charge < -0.3 is 4.74 Å². The Morgan fingerprint density at radius 1 is 0.968 bits per heavy atom. The highest BCUT2D eigenvalue weighted by atomic mass is 32.1. The minimum Gasteiger partial charge on any atom is -0.481 e. The lowest BCUT2D eigenvalue weighted by Gasteiger charge is -2.06. The molecule has 0 bridgehead atoms. The van der Waals surface area contributed by atoms with Gasteiger partial charge in [-0.1, -0.05) is 28.5 Å². The summed E-state index contributed by atoms with van der Waals surface area (Å²) in [5.74, 6) is 0.187. The average Bonchev–Trinajstić information content (AvgIpc) is 3.17. The summed E-state index contributed by atoms with van der Waals surface area (Å²) in [6.45, 7) is 6.09. The Morgan fingerprint density at radius 2 is 1.74 bits per heavy atom. The zero-order valence-corrected chi connectivity index (χ0v) is 18.6. The molecule has 0 aliphatic carbocycles. The van der Waals surface area contributed by atoms with Gasteiger partial charge in [-0.2, -0.15) is 0 Å². The molecular weight excluding hydrogens is 408 g/mol. The SMILES string of the molecule is COc1ccc(C(=O)Nc2nc(-c3cc(C)cc(C)c3)c(-c3ccnc(C)c3)s2)cn1. The van der Waals surface area contributed by atoms with E-state index in [4.69, 9.17) is 9.72 Å². The Hall–Kier alpha value is -3.58. The van der Waals surface area contributed by atoms with Crippen molar-refractivity contribution in [2.24, 2.45) is 0 Å². The first-order chi connectivity index (χ1) is 14.9. The second-order valence-electron chi connectivity index (χ2n) is 7.30. The number of benzene rings is 1. The van der Waals surface area contributed by atoms with Crippen molar-refractivity contribution in [1.29, 1.82) is 0 Å². The molecule has 31 heavy (non-hydrogen) atoms. The third-order valence-electron chi connectivity index (χ3n) is 4.71. The predicted octanol–water partition coefficient (Wildman–Crippen LogP) is 5.45. The van der Waals surface area contributed by atoms with Gasteiger partial charge in [0.2, 0.25) is 5.88 Å². The van der Waals surface area contributed by atoms with Crippen LogP contribution < -0.4 is 10.1 Å². The fraction of sp³-hybridized carbons (Fsp3) is 0.167. The van der Waals surface area contributed by atoms with E-state index in [1.807, 2.05) is 19.1 Å². The molecule has 0 aliphatic heterocycles. The zero-order valence-electron chi connectivity index (χ0n) is 17.8. The Kier molecular flexibility index (Phi) is 5.77. The molecule has 3 heterocycles. The molecule has 0 fully saturated rings. The molecule has 1 N–H and O–H groups in total. The van der Waals surface area contributed by atoms with Crippen LogP contribution in [0.1, 0.15) is 27.2 Å². The predicted molar refractivity (Wildman–Crippen MR) is 124 cm³/mol. The lowest BCUT2D eigenvalue weighted by Crippen LogP contribution is -2.12. The molecule has 1 amide bonds. The third kappa shape index (κ3) is 4.62. The van der Waals surface area contributed by atoms with Crippen LogP contribution in [0.5, 0.6) is 5.88 Å². The molecule has 0 radical (unpaired) electrons. The number of pyridine rings is 2. The van der Waals surface area contributed by atoms with E-state index in [-0.39, 0.29) is 5.91 Å². The van der Waals surface area contributed by atoms with Gasteiger partial charge in [0.1, 0.15) is 0 Å². The second-order valence-corrected chi connectivity index (χ2v) is 8.30. The van der Waals surface area contributed by atoms with E-state index >= 15 is 0 Å². The quantitative estimate of drug-likeness (QED) is 0.455. The van der Waals surface area contributed by atoms with E-state index < -0.39 is 0 Å². The highest BCUT2D eigenvalue weighted by Crippen LogP contribution is 2.39. The number of thiazole rings is 1. The van der Waals surface area contributed by atoms with Gasteiger partial charge in [-0.05, 0) is 56.7 Å². The first-order valence-electron chi connectivity index (χ1n) is 9.77. The van der Waals surface area contributed by atoms with E-state index in [1.165, 1.54) is 24.6 Å². The first kappa shape index (κ1) is 20.7. The molecule has 0 atom stereocenters. The number of methoxy groups -OCH3 is 1. The Bertz CT molecular complexity index is 1230. The second kappa shape index (κ2) is 8.65. The number of hydrogen-bond acceptors (Lipinski definition) is 6. The Balaban J connectivity index is 1.74. The van der Waals surface area contributed by atoms with E-state index in [2.05, 4.69) is 47.3 Å². The molecule has 4 rings (SSSR count).